The summed E-state index contributed by atoms with van der Waals surface area (Å²) in [5, 5.41) is 3.06. The zero-order valence-electron chi connectivity index (χ0n) is 13.2. The van der Waals surface area contributed by atoms with Crippen LogP contribution in [0.15, 0.2) is 30.3 Å². The number of ether oxygens (including phenoxy) is 1. The molecule has 3 unspecified atom stereocenters. The van der Waals surface area contributed by atoms with E-state index in [4.69, 9.17) is 4.74 Å². The van der Waals surface area contributed by atoms with E-state index >= 15 is 0 Å². The van der Waals surface area contributed by atoms with E-state index in [1.807, 2.05) is 37.3 Å². The van der Waals surface area contributed by atoms with Gasteiger partial charge in [-0.1, -0.05) is 30.3 Å². The number of hydrogen-bond acceptors (Lipinski definition) is 3. The van der Waals surface area contributed by atoms with Gasteiger partial charge in [-0.3, -0.25) is 9.69 Å². The third-order valence-corrected chi connectivity index (χ3v) is 3.83. The lowest BCUT2D eigenvalue weighted by atomic mass is 10.1. The number of hydrogen-bond donors (Lipinski definition) is 1. The van der Waals surface area contributed by atoms with Crippen molar-refractivity contribution in [1.82, 2.24) is 10.2 Å². The molecule has 1 aromatic carbocycles. The van der Waals surface area contributed by atoms with Crippen molar-refractivity contribution < 1.29 is 9.53 Å². The fraction of sp³-hybridized carbons (Fsp3) is 0.588. The minimum Gasteiger partial charge on any atom is -0.373 e. The van der Waals surface area contributed by atoms with Gasteiger partial charge in [-0.05, 0) is 26.3 Å². The Hall–Kier alpha value is -1.39. The summed E-state index contributed by atoms with van der Waals surface area (Å²) in [5.41, 5.74) is 1.14. The molecule has 1 fully saturated rings. The van der Waals surface area contributed by atoms with Gasteiger partial charge in [-0.2, -0.15) is 0 Å². The highest BCUT2D eigenvalue weighted by atomic mass is 16.5. The fourth-order valence-electron chi connectivity index (χ4n) is 2.87. The topological polar surface area (TPSA) is 41.6 Å². The highest BCUT2D eigenvalue weighted by Gasteiger charge is 2.22. The number of morpholine rings is 1. The van der Waals surface area contributed by atoms with Gasteiger partial charge in [-0.15, -0.1) is 0 Å². The van der Waals surface area contributed by atoms with Crippen molar-refractivity contribution in [2.75, 3.05) is 19.6 Å². The second-order valence-corrected chi connectivity index (χ2v) is 5.97. The van der Waals surface area contributed by atoms with E-state index < -0.39 is 0 Å². The first-order chi connectivity index (χ1) is 10.0. The summed E-state index contributed by atoms with van der Waals surface area (Å²) in [5.74, 6) is 0.109. The van der Waals surface area contributed by atoms with Crippen LogP contribution in [-0.4, -0.2) is 42.6 Å². The molecule has 0 radical (unpaired) electrons. The molecule has 3 atom stereocenters. The van der Waals surface area contributed by atoms with Crippen LogP contribution in [0.1, 0.15) is 38.8 Å². The Labute approximate surface area is 127 Å². The second-order valence-electron chi connectivity index (χ2n) is 5.97. The summed E-state index contributed by atoms with van der Waals surface area (Å²) in [6.45, 7) is 8.80. The van der Waals surface area contributed by atoms with Gasteiger partial charge in [0.15, 0.2) is 0 Å². The van der Waals surface area contributed by atoms with Crippen LogP contribution >= 0.6 is 0 Å². The molecule has 1 N–H and O–H groups in total. The first kappa shape index (κ1) is 16.0. The monoisotopic (exact) mass is 290 g/mol. The molecule has 0 aliphatic carbocycles. The molecule has 4 heteroatoms. The number of rotatable bonds is 5. The van der Waals surface area contributed by atoms with Gasteiger partial charge in [0, 0.05) is 26.1 Å². The van der Waals surface area contributed by atoms with Crippen molar-refractivity contribution in [2.45, 2.75) is 45.4 Å². The molecule has 1 aromatic rings. The van der Waals surface area contributed by atoms with Gasteiger partial charge in [0.25, 0.3) is 0 Å². The average molecular weight is 290 g/mol. The number of benzene rings is 1. The summed E-state index contributed by atoms with van der Waals surface area (Å²) in [7, 11) is 0. The van der Waals surface area contributed by atoms with Crippen LogP contribution in [0.2, 0.25) is 0 Å². The van der Waals surface area contributed by atoms with E-state index in [0.717, 1.165) is 25.2 Å². The van der Waals surface area contributed by atoms with E-state index in [9.17, 15) is 4.79 Å². The van der Waals surface area contributed by atoms with Crippen LogP contribution in [0.25, 0.3) is 0 Å². The van der Waals surface area contributed by atoms with Crippen molar-refractivity contribution >= 4 is 5.91 Å². The van der Waals surface area contributed by atoms with Crippen LogP contribution in [0.3, 0.4) is 0 Å². The molecule has 116 valence electrons. The molecule has 1 amide bonds. The maximum absolute atomic E-state index is 12.1. The van der Waals surface area contributed by atoms with Crippen LogP contribution in [0.5, 0.6) is 0 Å². The standard InChI is InChI=1S/C17H26N2O2/c1-13-11-19(12-14(2)21-13)10-9-17(20)18-15(3)16-7-5-4-6-8-16/h4-8,13-15H,9-12H2,1-3H3,(H,18,20). The molecule has 0 aromatic heterocycles. The van der Waals surface area contributed by atoms with E-state index in [-0.39, 0.29) is 24.2 Å². The van der Waals surface area contributed by atoms with Crippen LogP contribution in [-0.2, 0) is 9.53 Å². The Kier molecular flexibility index (Phi) is 5.76. The summed E-state index contributed by atoms with van der Waals surface area (Å²) in [6, 6.07) is 10.1. The normalized spacial score (nSPS) is 24.5. The molecule has 1 heterocycles. The van der Waals surface area contributed by atoms with Gasteiger partial charge < -0.3 is 10.1 Å². The summed E-state index contributed by atoms with van der Waals surface area (Å²) < 4.78 is 5.70. The largest absolute Gasteiger partial charge is 0.373 e. The Morgan fingerprint density at radius 3 is 2.52 bits per heavy atom. The Morgan fingerprint density at radius 2 is 1.90 bits per heavy atom. The molecule has 21 heavy (non-hydrogen) atoms. The SMILES string of the molecule is CC1CN(CCC(=O)NC(C)c2ccccc2)CC(C)O1. The predicted molar refractivity (Wildman–Crippen MR) is 84.1 cm³/mol. The minimum absolute atomic E-state index is 0.0567. The summed E-state index contributed by atoms with van der Waals surface area (Å²) in [6.07, 6.45) is 1.04. The van der Waals surface area contributed by atoms with Gasteiger partial charge in [-0.25, -0.2) is 0 Å². The fourth-order valence-corrected chi connectivity index (χ4v) is 2.87. The van der Waals surface area contributed by atoms with Gasteiger partial charge in [0.1, 0.15) is 0 Å². The predicted octanol–water partition coefficient (Wildman–Crippen LogP) is 2.36. The summed E-state index contributed by atoms with van der Waals surface area (Å²) in [4.78, 5) is 14.4. The highest BCUT2D eigenvalue weighted by Crippen LogP contribution is 2.13. The molecule has 4 nitrogen and oxygen atoms in total. The van der Waals surface area contributed by atoms with Crippen LogP contribution in [0, 0.1) is 0 Å². The molecule has 1 saturated heterocycles. The average Bonchev–Trinajstić information content (AvgIpc) is 2.45. The smallest absolute Gasteiger partial charge is 0.221 e. The Bertz CT molecular complexity index is 439. The molecule has 2 rings (SSSR count). The number of nitrogens with one attached hydrogen (secondary N) is 1. The number of amides is 1. The maximum atomic E-state index is 12.1. The zero-order valence-corrected chi connectivity index (χ0v) is 13.2. The van der Waals surface area contributed by atoms with E-state index in [0.29, 0.717) is 6.42 Å². The maximum Gasteiger partial charge on any atom is 0.221 e. The third kappa shape index (κ3) is 5.14. The van der Waals surface area contributed by atoms with Crippen molar-refractivity contribution in [3.05, 3.63) is 35.9 Å². The lowest BCUT2D eigenvalue weighted by Gasteiger charge is -2.35. The van der Waals surface area contributed by atoms with Crippen LogP contribution < -0.4 is 5.32 Å². The highest BCUT2D eigenvalue weighted by molar-refractivity contribution is 5.76. The molecular weight excluding hydrogens is 264 g/mol. The lowest BCUT2D eigenvalue weighted by Crippen LogP contribution is -2.46. The zero-order chi connectivity index (χ0) is 15.2. The second kappa shape index (κ2) is 7.57. The molecule has 0 bridgehead atoms. The summed E-state index contributed by atoms with van der Waals surface area (Å²) >= 11 is 0. The first-order valence-electron chi connectivity index (χ1n) is 7.76. The van der Waals surface area contributed by atoms with E-state index in [1.165, 1.54) is 0 Å². The minimum atomic E-state index is 0.0567. The Balaban J connectivity index is 1.75. The van der Waals surface area contributed by atoms with Gasteiger partial charge in [0.05, 0.1) is 18.2 Å². The van der Waals surface area contributed by atoms with E-state index in [2.05, 4.69) is 24.1 Å². The lowest BCUT2D eigenvalue weighted by molar-refractivity contribution is -0.123. The van der Waals surface area contributed by atoms with Crippen molar-refractivity contribution in [2.24, 2.45) is 0 Å². The molecule has 0 spiro atoms. The molecule has 1 aliphatic rings. The first-order valence-corrected chi connectivity index (χ1v) is 7.76. The van der Waals surface area contributed by atoms with Gasteiger partial charge >= 0.3 is 0 Å². The third-order valence-electron chi connectivity index (χ3n) is 3.83. The molecule has 1 aliphatic heterocycles. The van der Waals surface area contributed by atoms with Gasteiger partial charge in [0.2, 0.25) is 5.91 Å². The van der Waals surface area contributed by atoms with Crippen LogP contribution in [0.4, 0.5) is 0 Å². The van der Waals surface area contributed by atoms with E-state index in [1.54, 1.807) is 0 Å². The van der Waals surface area contributed by atoms with Crippen molar-refractivity contribution in [3.63, 3.8) is 0 Å². The molecule has 0 saturated carbocycles. The Morgan fingerprint density at radius 1 is 1.29 bits per heavy atom. The number of carbonyl (C=O) groups is 1. The molecular formula is C17H26N2O2. The number of nitrogens with zero attached hydrogens (tertiary/aromatic N) is 1. The van der Waals surface area contributed by atoms with Crippen molar-refractivity contribution in [1.29, 1.82) is 0 Å². The number of carbonyl (C=O) groups excluding carboxylic acids is 1. The van der Waals surface area contributed by atoms with Crippen molar-refractivity contribution in [3.8, 4) is 0 Å². The quantitative estimate of drug-likeness (QED) is 0.905.